The van der Waals surface area contributed by atoms with E-state index in [1.54, 1.807) is 0 Å². The second-order valence-electron chi connectivity index (χ2n) is 8.05. The van der Waals surface area contributed by atoms with Crippen molar-refractivity contribution in [3.05, 3.63) is 22.4 Å². The largest absolute Gasteiger partial charge is 0.381 e. The fraction of sp³-hybridized carbons (Fsp3) is 0.762. The molecule has 1 aromatic heterocycles. The van der Waals surface area contributed by atoms with Gasteiger partial charge in [-0.15, -0.1) is 11.3 Å². The van der Waals surface area contributed by atoms with Gasteiger partial charge in [-0.05, 0) is 56.6 Å². The molecule has 2 aliphatic rings. The lowest BCUT2D eigenvalue weighted by atomic mass is 9.97. The molecule has 2 saturated heterocycles. The molecule has 1 aromatic rings. The molecule has 0 saturated carbocycles. The van der Waals surface area contributed by atoms with E-state index in [9.17, 15) is 0 Å². The minimum absolute atomic E-state index is 0.398. The van der Waals surface area contributed by atoms with Gasteiger partial charge in [0.15, 0.2) is 5.96 Å². The maximum atomic E-state index is 5.54. The van der Waals surface area contributed by atoms with Crippen LogP contribution in [-0.4, -0.2) is 68.7 Å². The van der Waals surface area contributed by atoms with Crippen LogP contribution in [0.1, 0.15) is 44.0 Å². The molecule has 152 valence electrons. The number of hydrogen-bond acceptors (Lipinski definition) is 4. The molecular formula is C21H36N4OS. The average Bonchev–Trinajstić information content (AvgIpc) is 3.36. The smallest absolute Gasteiger partial charge is 0.193 e. The first kappa shape index (κ1) is 20.6. The first-order valence-electron chi connectivity index (χ1n) is 10.5. The van der Waals surface area contributed by atoms with Crippen LogP contribution in [0.25, 0.3) is 0 Å². The highest BCUT2D eigenvalue weighted by Gasteiger charge is 2.26. The monoisotopic (exact) mass is 392 g/mol. The highest BCUT2D eigenvalue weighted by Crippen LogP contribution is 2.29. The van der Waals surface area contributed by atoms with Gasteiger partial charge in [0, 0.05) is 37.5 Å². The van der Waals surface area contributed by atoms with Gasteiger partial charge in [-0.25, -0.2) is 0 Å². The molecule has 5 nitrogen and oxygen atoms in total. The molecule has 1 N–H and O–H groups in total. The van der Waals surface area contributed by atoms with Gasteiger partial charge in [-0.2, -0.15) is 0 Å². The quantitative estimate of drug-likeness (QED) is 0.570. The third-order valence-electron chi connectivity index (χ3n) is 5.80. The molecule has 0 amide bonds. The molecule has 2 aliphatic heterocycles. The Bertz CT molecular complexity index is 563. The van der Waals surface area contributed by atoms with E-state index in [-0.39, 0.29) is 0 Å². The predicted molar refractivity (Wildman–Crippen MR) is 115 cm³/mol. The molecule has 2 fully saturated rings. The Hall–Kier alpha value is -1.11. The zero-order valence-corrected chi connectivity index (χ0v) is 18.0. The number of hydrogen-bond donors (Lipinski definition) is 1. The summed E-state index contributed by atoms with van der Waals surface area (Å²) in [5.74, 6) is 2.50. The van der Waals surface area contributed by atoms with Crippen molar-refractivity contribution in [3.63, 3.8) is 0 Å². The third-order valence-corrected chi connectivity index (χ3v) is 6.77. The van der Waals surface area contributed by atoms with E-state index in [0.29, 0.717) is 12.0 Å². The van der Waals surface area contributed by atoms with Gasteiger partial charge < -0.3 is 15.0 Å². The standard InChI is InChI=1S/C21H36N4OS/c1-4-22-21(24(3)15-18-9-12-26-16-18)23-14-19(20-6-5-13-27-20)25-10-7-17(2)8-11-25/h5-6,13,17-19H,4,7-12,14-16H2,1-3H3,(H,22,23). The summed E-state index contributed by atoms with van der Waals surface area (Å²) in [7, 11) is 2.16. The van der Waals surface area contributed by atoms with Crippen LogP contribution in [0.5, 0.6) is 0 Å². The van der Waals surface area contributed by atoms with Crippen molar-refractivity contribution in [3.8, 4) is 0 Å². The number of aliphatic imine (C=N–C) groups is 1. The van der Waals surface area contributed by atoms with Crippen LogP contribution in [0.15, 0.2) is 22.5 Å². The van der Waals surface area contributed by atoms with E-state index in [1.165, 1.54) is 30.8 Å². The summed E-state index contributed by atoms with van der Waals surface area (Å²) in [6.07, 6.45) is 3.76. The predicted octanol–water partition coefficient (Wildman–Crippen LogP) is 3.45. The van der Waals surface area contributed by atoms with E-state index < -0.39 is 0 Å². The van der Waals surface area contributed by atoms with Gasteiger partial charge in [0.25, 0.3) is 0 Å². The Balaban J connectivity index is 1.67. The molecule has 0 spiro atoms. The highest BCUT2D eigenvalue weighted by atomic mass is 32.1. The average molecular weight is 393 g/mol. The Labute approximate surface area is 168 Å². The molecule has 2 unspecified atom stereocenters. The molecular weight excluding hydrogens is 356 g/mol. The van der Waals surface area contributed by atoms with Crippen LogP contribution in [0.4, 0.5) is 0 Å². The second-order valence-corrected chi connectivity index (χ2v) is 9.03. The summed E-state index contributed by atoms with van der Waals surface area (Å²) in [4.78, 5) is 11.4. The van der Waals surface area contributed by atoms with Crippen LogP contribution in [0.2, 0.25) is 0 Å². The van der Waals surface area contributed by atoms with Gasteiger partial charge >= 0.3 is 0 Å². The van der Waals surface area contributed by atoms with Crippen LogP contribution >= 0.6 is 11.3 Å². The number of piperidine rings is 1. The summed E-state index contributed by atoms with van der Waals surface area (Å²) in [5.41, 5.74) is 0. The van der Waals surface area contributed by atoms with Gasteiger partial charge in [-0.3, -0.25) is 9.89 Å². The lowest BCUT2D eigenvalue weighted by Crippen LogP contribution is -2.42. The number of thiophene rings is 1. The van der Waals surface area contributed by atoms with Crippen molar-refractivity contribution in [2.24, 2.45) is 16.8 Å². The maximum Gasteiger partial charge on any atom is 0.193 e. The minimum Gasteiger partial charge on any atom is -0.381 e. The number of nitrogens with zero attached hydrogens (tertiary/aromatic N) is 3. The minimum atomic E-state index is 0.398. The van der Waals surface area contributed by atoms with Crippen molar-refractivity contribution < 1.29 is 4.74 Å². The normalized spacial score (nSPS) is 23.5. The first-order chi connectivity index (χ1) is 13.2. The summed E-state index contributed by atoms with van der Waals surface area (Å²) in [6, 6.07) is 4.84. The third kappa shape index (κ3) is 5.93. The molecule has 2 atom stereocenters. The topological polar surface area (TPSA) is 40.1 Å². The van der Waals surface area contributed by atoms with Gasteiger partial charge in [0.05, 0.1) is 19.2 Å². The van der Waals surface area contributed by atoms with E-state index in [0.717, 1.165) is 51.1 Å². The van der Waals surface area contributed by atoms with E-state index in [1.807, 2.05) is 11.3 Å². The summed E-state index contributed by atoms with van der Waals surface area (Å²) in [6.45, 7) is 11.4. The van der Waals surface area contributed by atoms with E-state index in [4.69, 9.17) is 9.73 Å². The Morgan fingerprint density at radius 1 is 1.41 bits per heavy atom. The van der Waals surface area contributed by atoms with Crippen molar-refractivity contribution in [1.29, 1.82) is 0 Å². The number of nitrogens with one attached hydrogen (secondary N) is 1. The van der Waals surface area contributed by atoms with Crippen molar-refractivity contribution >= 4 is 17.3 Å². The van der Waals surface area contributed by atoms with Gasteiger partial charge in [0.2, 0.25) is 0 Å². The van der Waals surface area contributed by atoms with Crippen LogP contribution < -0.4 is 5.32 Å². The Kier molecular flexibility index (Phi) is 7.97. The SMILES string of the molecule is CCNC(=NCC(c1cccs1)N1CCC(C)CC1)N(C)CC1CCOC1. The lowest BCUT2D eigenvalue weighted by Gasteiger charge is -2.36. The number of guanidine groups is 1. The zero-order chi connectivity index (χ0) is 19.1. The maximum absolute atomic E-state index is 5.54. The van der Waals surface area contributed by atoms with Crippen molar-refractivity contribution in [1.82, 2.24) is 15.1 Å². The molecule has 3 rings (SSSR count). The lowest BCUT2D eigenvalue weighted by molar-refractivity contribution is 0.143. The molecule has 3 heterocycles. The fourth-order valence-electron chi connectivity index (χ4n) is 4.05. The van der Waals surface area contributed by atoms with Crippen molar-refractivity contribution in [2.45, 2.75) is 39.2 Å². The summed E-state index contributed by atoms with van der Waals surface area (Å²) >= 11 is 1.86. The van der Waals surface area contributed by atoms with Crippen LogP contribution in [0, 0.1) is 11.8 Å². The molecule has 0 radical (unpaired) electrons. The highest BCUT2D eigenvalue weighted by molar-refractivity contribution is 7.10. The number of ether oxygens (including phenoxy) is 1. The summed E-state index contributed by atoms with van der Waals surface area (Å²) < 4.78 is 5.54. The second kappa shape index (κ2) is 10.4. The van der Waals surface area contributed by atoms with E-state index in [2.05, 4.69) is 53.5 Å². The molecule has 0 aromatic carbocycles. The van der Waals surface area contributed by atoms with Crippen LogP contribution in [-0.2, 0) is 4.74 Å². The first-order valence-corrected chi connectivity index (χ1v) is 11.4. The van der Waals surface area contributed by atoms with Crippen LogP contribution in [0.3, 0.4) is 0 Å². The number of likely N-dealkylation sites (tertiary alicyclic amines) is 1. The molecule has 6 heteroatoms. The zero-order valence-electron chi connectivity index (χ0n) is 17.2. The number of rotatable bonds is 7. The van der Waals surface area contributed by atoms with E-state index >= 15 is 0 Å². The molecule has 0 aliphatic carbocycles. The molecule has 27 heavy (non-hydrogen) atoms. The Morgan fingerprint density at radius 3 is 2.85 bits per heavy atom. The summed E-state index contributed by atoms with van der Waals surface area (Å²) in [5, 5.41) is 5.68. The fourth-order valence-corrected chi connectivity index (χ4v) is 4.90. The Morgan fingerprint density at radius 2 is 2.22 bits per heavy atom. The van der Waals surface area contributed by atoms with Gasteiger partial charge in [-0.1, -0.05) is 13.0 Å². The van der Waals surface area contributed by atoms with Crippen molar-refractivity contribution in [2.75, 3.05) is 53.0 Å². The molecule has 0 bridgehead atoms. The van der Waals surface area contributed by atoms with Gasteiger partial charge in [0.1, 0.15) is 0 Å².